The molecule has 248 valence electrons. The summed E-state index contributed by atoms with van der Waals surface area (Å²) in [5.41, 5.74) is 5.78. The lowest BCUT2D eigenvalue weighted by atomic mass is 10.1. The van der Waals surface area contributed by atoms with E-state index in [1.54, 1.807) is 7.11 Å². The Bertz CT molecular complexity index is 1640. The van der Waals surface area contributed by atoms with Gasteiger partial charge in [-0.2, -0.15) is 0 Å². The second-order valence-electron chi connectivity index (χ2n) is 13.0. The maximum atomic E-state index is 7.64. The van der Waals surface area contributed by atoms with Gasteiger partial charge >= 0.3 is 0 Å². The van der Waals surface area contributed by atoms with Gasteiger partial charge in [-0.25, -0.2) is 0 Å². The first kappa shape index (κ1) is 36.4. The number of benzene rings is 4. The van der Waals surface area contributed by atoms with Crippen LogP contribution in [-0.2, 0) is 4.43 Å². The second-order valence-corrected chi connectivity index (χ2v) is 21.2. The van der Waals surface area contributed by atoms with Crippen molar-refractivity contribution in [2.75, 3.05) is 13.7 Å². The number of hydrogen-bond donors (Lipinski definition) is 0. The predicted octanol–water partition coefficient (Wildman–Crippen LogP) is 9.74. The van der Waals surface area contributed by atoms with Crippen LogP contribution in [0.2, 0.25) is 19.6 Å². The van der Waals surface area contributed by atoms with Gasteiger partial charge in [0.25, 0.3) is 8.32 Å². The van der Waals surface area contributed by atoms with E-state index in [2.05, 4.69) is 149 Å². The summed E-state index contributed by atoms with van der Waals surface area (Å²) in [5.74, 6) is 1.58. The summed E-state index contributed by atoms with van der Waals surface area (Å²) in [6, 6.07) is 39.6. The zero-order chi connectivity index (χ0) is 34.4. The molecule has 0 aliphatic carbocycles. The number of hydrogen-bond acceptors (Lipinski definition) is 3. The molecule has 0 heterocycles. The number of allylic oxidation sites excluding steroid dienone is 3. The molecule has 0 aromatic heterocycles. The minimum absolute atomic E-state index is 0.202. The zero-order valence-corrected chi connectivity index (χ0v) is 31.2. The normalized spacial score (nSPS) is 13.3. The Labute approximate surface area is 290 Å². The average Bonchev–Trinajstić information content (AvgIpc) is 3.10. The summed E-state index contributed by atoms with van der Waals surface area (Å²) < 4.78 is 19.3. The summed E-state index contributed by atoms with van der Waals surface area (Å²) in [5, 5.41) is 3.73. The van der Waals surface area contributed by atoms with Gasteiger partial charge in [-0.3, -0.25) is 0 Å². The van der Waals surface area contributed by atoms with Crippen molar-refractivity contribution in [3.8, 4) is 11.5 Å². The number of rotatable bonds is 17. The van der Waals surface area contributed by atoms with Crippen LogP contribution in [0.25, 0.3) is 6.08 Å². The van der Waals surface area contributed by atoms with Gasteiger partial charge in [0.2, 0.25) is 0 Å². The molecule has 0 saturated heterocycles. The lowest BCUT2D eigenvalue weighted by molar-refractivity contribution is 0.255. The van der Waals surface area contributed by atoms with Crippen LogP contribution in [-0.4, -0.2) is 36.2 Å². The van der Waals surface area contributed by atoms with Crippen molar-refractivity contribution in [3.63, 3.8) is 0 Å². The summed E-state index contributed by atoms with van der Waals surface area (Å²) in [7, 11) is -3.01. The molecule has 48 heavy (non-hydrogen) atoms. The Hall–Kier alpha value is -4.43. The Morgan fingerprint density at radius 1 is 0.771 bits per heavy atom. The van der Waals surface area contributed by atoms with Crippen molar-refractivity contribution in [2.24, 2.45) is 0 Å². The van der Waals surface area contributed by atoms with Gasteiger partial charge in [-0.1, -0.05) is 158 Å². The third kappa shape index (κ3) is 10.3. The van der Waals surface area contributed by atoms with Crippen molar-refractivity contribution in [3.05, 3.63) is 174 Å². The molecule has 0 aliphatic rings. The van der Waals surface area contributed by atoms with Gasteiger partial charge in [0.05, 0.1) is 21.3 Å². The molecular formula is C43H50O3Si2. The predicted molar refractivity (Wildman–Crippen MR) is 211 cm³/mol. The Morgan fingerprint density at radius 3 is 1.81 bits per heavy atom. The molecule has 1 atom stereocenters. The molecular weight excluding hydrogens is 621 g/mol. The third-order valence-electron chi connectivity index (χ3n) is 8.17. The van der Waals surface area contributed by atoms with E-state index in [-0.39, 0.29) is 6.10 Å². The molecule has 0 aliphatic heterocycles. The molecule has 0 saturated carbocycles. The first-order valence-corrected chi connectivity index (χ1v) is 22.1. The molecule has 5 heteroatoms. The molecule has 0 fully saturated rings. The molecule has 0 bridgehead atoms. The minimum atomic E-state index is -3.05. The lowest BCUT2D eigenvalue weighted by Gasteiger charge is -2.34. The maximum absolute atomic E-state index is 7.64. The van der Waals surface area contributed by atoms with Gasteiger partial charge in [-0.15, -0.1) is 6.58 Å². The summed E-state index contributed by atoms with van der Waals surface area (Å²) in [6.07, 6.45) is 9.95. The molecule has 3 nitrogen and oxygen atoms in total. The van der Waals surface area contributed by atoms with Crippen LogP contribution in [0.1, 0.15) is 25.3 Å². The Balaban J connectivity index is 1.87. The highest BCUT2D eigenvalue weighted by molar-refractivity contribution is 7.01. The van der Waals surface area contributed by atoms with E-state index in [1.807, 2.05) is 36.4 Å². The fraction of sp³-hybridized carbons (Fsp3) is 0.209. The first-order chi connectivity index (χ1) is 23.1. The van der Waals surface area contributed by atoms with Crippen molar-refractivity contribution < 1.29 is 13.9 Å². The van der Waals surface area contributed by atoms with Gasteiger partial charge in [0, 0.05) is 0 Å². The molecule has 0 N–H and O–H groups in total. The summed E-state index contributed by atoms with van der Waals surface area (Å²) in [4.78, 5) is 0. The van der Waals surface area contributed by atoms with Gasteiger partial charge in [0.15, 0.2) is 0 Å². The van der Waals surface area contributed by atoms with Crippen LogP contribution < -0.4 is 19.8 Å². The van der Waals surface area contributed by atoms with E-state index in [1.165, 1.54) is 15.6 Å². The molecule has 4 aromatic carbocycles. The molecule has 4 rings (SSSR count). The maximum Gasteiger partial charge on any atom is 0.281 e. The number of methoxy groups -OCH3 is 1. The Morgan fingerprint density at radius 2 is 1.31 bits per heavy atom. The van der Waals surface area contributed by atoms with Gasteiger partial charge in [0.1, 0.15) is 18.1 Å². The van der Waals surface area contributed by atoms with Crippen LogP contribution in [0.4, 0.5) is 0 Å². The van der Waals surface area contributed by atoms with Crippen molar-refractivity contribution >= 4 is 32.8 Å². The minimum Gasteiger partial charge on any atom is -0.497 e. The average molecular weight is 671 g/mol. The largest absolute Gasteiger partial charge is 0.497 e. The smallest absolute Gasteiger partial charge is 0.281 e. The van der Waals surface area contributed by atoms with Crippen LogP contribution in [0, 0.1) is 0 Å². The summed E-state index contributed by atoms with van der Waals surface area (Å²) >= 11 is 0. The zero-order valence-electron chi connectivity index (χ0n) is 29.2. The standard InChI is InChI=1S/C43H50O3Si2/c1-8-18-37(33-45-39-29-27-38(44-4)28-30-39)34-48(41-21-14-10-15-22-41,42-23-16-11-17-24-42)46-40(26-25-36-19-12-9-13-20-36)31-32-43(35(2)3)47(5,6)7/h8-17,19-30,32,34,40H,1-2,18,31,33H2,3-7H3/b26-25+,37-34+,43-32-/t40-/m1/s1. The van der Waals surface area contributed by atoms with Crippen molar-refractivity contribution in [2.45, 2.75) is 45.5 Å². The summed E-state index contributed by atoms with van der Waals surface area (Å²) in [6.45, 7) is 18.1. The first-order valence-electron chi connectivity index (χ1n) is 16.6. The van der Waals surface area contributed by atoms with E-state index in [0.717, 1.165) is 34.6 Å². The highest BCUT2D eigenvalue weighted by Gasteiger charge is 2.40. The molecule has 0 spiro atoms. The third-order valence-corrected chi connectivity index (χ3v) is 14.3. The highest BCUT2D eigenvalue weighted by atomic mass is 28.4. The van der Waals surface area contributed by atoms with Gasteiger partial charge < -0.3 is 13.9 Å². The monoisotopic (exact) mass is 670 g/mol. The van der Waals surface area contributed by atoms with Crippen LogP contribution >= 0.6 is 0 Å². The fourth-order valence-electron chi connectivity index (χ4n) is 5.90. The number of ether oxygens (including phenoxy) is 2. The Kier molecular flexibility index (Phi) is 13.4. The second kappa shape index (κ2) is 17.6. The van der Waals surface area contributed by atoms with E-state index in [9.17, 15) is 0 Å². The van der Waals surface area contributed by atoms with E-state index >= 15 is 0 Å². The van der Waals surface area contributed by atoms with E-state index < -0.39 is 16.4 Å². The van der Waals surface area contributed by atoms with Crippen LogP contribution in [0.5, 0.6) is 11.5 Å². The quantitative estimate of drug-likeness (QED) is 0.0636. The topological polar surface area (TPSA) is 27.7 Å². The lowest BCUT2D eigenvalue weighted by Crippen LogP contribution is -2.61. The van der Waals surface area contributed by atoms with E-state index in [0.29, 0.717) is 13.0 Å². The SMILES string of the molecule is C=CC/C(=C\[Si](O[C@H](/C=C/c1ccccc1)C/C=C(/C(=C)C)[Si](C)(C)C)(c1ccccc1)c1ccccc1)COc1ccc(OC)cc1. The molecule has 0 radical (unpaired) electrons. The highest BCUT2D eigenvalue weighted by Crippen LogP contribution is 2.26. The molecule has 4 aromatic rings. The van der Waals surface area contributed by atoms with Crippen LogP contribution in [0.3, 0.4) is 0 Å². The van der Waals surface area contributed by atoms with Crippen LogP contribution in [0.15, 0.2) is 169 Å². The molecule has 0 amide bonds. The van der Waals surface area contributed by atoms with E-state index in [4.69, 9.17) is 13.9 Å². The van der Waals surface area contributed by atoms with Crippen molar-refractivity contribution in [1.29, 1.82) is 0 Å². The van der Waals surface area contributed by atoms with Crippen molar-refractivity contribution in [1.82, 2.24) is 0 Å². The fourth-order valence-corrected chi connectivity index (χ4v) is 11.7. The molecule has 0 unspecified atom stereocenters. The van der Waals surface area contributed by atoms with Gasteiger partial charge in [-0.05, 0) is 65.5 Å².